The lowest BCUT2D eigenvalue weighted by Crippen LogP contribution is -2.11. The van der Waals surface area contributed by atoms with E-state index in [1.807, 2.05) is 10.8 Å². The highest BCUT2D eigenvalue weighted by molar-refractivity contribution is 6.30. The molecule has 1 aromatic carbocycles. The second-order valence-electron chi connectivity index (χ2n) is 4.47. The van der Waals surface area contributed by atoms with Crippen LogP contribution in [0.25, 0.3) is 5.69 Å². The maximum absolute atomic E-state index is 13.9. The third-order valence-electron chi connectivity index (χ3n) is 3.31. The molecular formula is C13H13ClFN3. The Morgan fingerprint density at radius 1 is 1.44 bits per heavy atom. The van der Waals surface area contributed by atoms with Gasteiger partial charge in [0.05, 0.1) is 12.0 Å². The summed E-state index contributed by atoms with van der Waals surface area (Å²) in [5.41, 5.74) is 1.54. The zero-order valence-corrected chi connectivity index (χ0v) is 10.5. The Morgan fingerprint density at radius 3 is 3.06 bits per heavy atom. The largest absolute Gasteiger partial charge is 0.316 e. The van der Waals surface area contributed by atoms with Gasteiger partial charge in [0.2, 0.25) is 0 Å². The zero-order chi connectivity index (χ0) is 12.5. The van der Waals surface area contributed by atoms with E-state index in [1.165, 1.54) is 6.07 Å². The summed E-state index contributed by atoms with van der Waals surface area (Å²) in [6, 6.07) is 4.70. The van der Waals surface area contributed by atoms with Crippen molar-refractivity contribution in [2.45, 2.75) is 12.3 Å². The summed E-state index contributed by atoms with van der Waals surface area (Å²) in [6.45, 7) is 1.92. The first-order valence-corrected chi connectivity index (χ1v) is 6.32. The van der Waals surface area contributed by atoms with Gasteiger partial charge in [-0.05, 0) is 31.2 Å². The monoisotopic (exact) mass is 265 g/mol. The standard InChI is InChI=1S/C13H13ClFN3/c14-10-1-2-12(11(15)5-10)18-8-17-7-13(18)9-3-4-16-6-9/h1-2,5,7-9,16H,3-4,6H2. The molecule has 1 aromatic heterocycles. The fourth-order valence-electron chi connectivity index (χ4n) is 2.39. The fourth-order valence-corrected chi connectivity index (χ4v) is 2.55. The zero-order valence-electron chi connectivity index (χ0n) is 9.74. The van der Waals surface area contributed by atoms with Gasteiger partial charge in [0.1, 0.15) is 5.82 Å². The second-order valence-corrected chi connectivity index (χ2v) is 4.91. The van der Waals surface area contributed by atoms with Gasteiger partial charge in [-0.15, -0.1) is 0 Å². The summed E-state index contributed by atoms with van der Waals surface area (Å²) < 4.78 is 15.7. The number of hydrogen-bond acceptors (Lipinski definition) is 2. The van der Waals surface area contributed by atoms with Crippen LogP contribution in [0.5, 0.6) is 0 Å². The summed E-state index contributed by atoms with van der Waals surface area (Å²) in [5.74, 6) is 0.0651. The van der Waals surface area contributed by atoms with Gasteiger partial charge in [0, 0.05) is 29.4 Å². The van der Waals surface area contributed by atoms with Gasteiger partial charge in [0.15, 0.2) is 0 Å². The molecule has 2 heterocycles. The molecule has 0 radical (unpaired) electrons. The van der Waals surface area contributed by atoms with Crippen LogP contribution < -0.4 is 5.32 Å². The number of aromatic nitrogens is 2. The number of nitrogens with zero attached hydrogens (tertiary/aromatic N) is 2. The third kappa shape index (κ3) is 2.02. The van der Waals surface area contributed by atoms with Crippen molar-refractivity contribution in [1.82, 2.24) is 14.9 Å². The van der Waals surface area contributed by atoms with E-state index in [4.69, 9.17) is 11.6 Å². The molecule has 1 aliphatic heterocycles. The van der Waals surface area contributed by atoms with Crippen LogP contribution in [-0.2, 0) is 0 Å². The Kier molecular flexibility index (Phi) is 3.06. The predicted octanol–water partition coefficient (Wildman–Crippen LogP) is 2.74. The van der Waals surface area contributed by atoms with Gasteiger partial charge in [-0.1, -0.05) is 11.6 Å². The summed E-state index contributed by atoms with van der Waals surface area (Å²) in [5, 5.41) is 3.71. The molecule has 94 valence electrons. The van der Waals surface area contributed by atoms with Crippen molar-refractivity contribution in [3.63, 3.8) is 0 Å². The maximum Gasteiger partial charge on any atom is 0.148 e. The van der Waals surface area contributed by atoms with Crippen molar-refractivity contribution in [2.24, 2.45) is 0 Å². The quantitative estimate of drug-likeness (QED) is 0.905. The van der Waals surface area contributed by atoms with E-state index < -0.39 is 0 Å². The Labute approximate surface area is 110 Å². The number of rotatable bonds is 2. The van der Waals surface area contributed by atoms with Gasteiger partial charge in [-0.3, -0.25) is 0 Å². The predicted molar refractivity (Wildman–Crippen MR) is 68.8 cm³/mol. The molecule has 3 nitrogen and oxygen atoms in total. The highest BCUT2D eigenvalue weighted by Crippen LogP contribution is 2.26. The molecule has 1 unspecified atom stereocenters. The fraction of sp³-hybridized carbons (Fsp3) is 0.308. The van der Waals surface area contributed by atoms with Gasteiger partial charge in [0.25, 0.3) is 0 Å². The summed E-state index contributed by atoms with van der Waals surface area (Å²) in [4.78, 5) is 4.14. The van der Waals surface area contributed by atoms with Crippen LogP contribution in [0.3, 0.4) is 0 Å². The smallest absolute Gasteiger partial charge is 0.148 e. The molecule has 0 amide bonds. The third-order valence-corrected chi connectivity index (χ3v) is 3.55. The highest BCUT2D eigenvalue weighted by atomic mass is 35.5. The Morgan fingerprint density at radius 2 is 2.33 bits per heavy atom. The molecule has 0 spiro atoms. The van der Waals surface area contributed by atoms with E-state index in [-0.39, 0.29) is 5.82 Å². The first kappa shape index (κ1) is 11.7. The molecule has 1 aliphatic rings. The molecule has 5 heteroatoms. The lowest BCUT2D eigenvalue weighted by Gasteiger charge is -2.13. The van der Waals surface area contributed by atoms with Gasteiger partial charge in [-0.2, -0.15) is 0 Å². The minimum absolute atomic E-state index is 0.326. The SMILES string of the molecule is Fc1cc(Cl)ccc1-n1cncc1C1CCNC1. The van der Waals surface area contributed by atoms with Crippen LogP contribution in [0.4, 0.5) is 4.39 Å². The molecule has 2 aromatic rings. The van der Waals surface area contributed by atoms with E-state index in [9.17, 15) is 4.39 Å². The second kappa shape index (κ2) is 4.71. The molecule has 3 rings (SSSR count). The van der Waals surface area contributed by atoms with Crippen molar-refractivity contribution < 1.29 is 4.39 Å². The normalized spacial score (nSPS) is 19.3. The Bertz CT molecular complexity index is 561. The van der Waals surface area contributed by atoms with E-state index in [1.54, 1.807) is 18.5 Å². The number of nitrogens with one attached hydrogen (secondary N) is 1. The van der Waals surface area contributed by atoms with Crippen molar-refractivity contribution in [3.8, 4) is 5.69 Å². The van der Waals surface area contributed by atoms with E-state index in [2.05, 4.69) is 10.3 Å². The van der Waals surface area contributed by atoms with Gasteiger partial charge in [-0.25, -0.2) is 9.37 Å². The average Bonchev–Trinajstić information content (AvgIpc) is 2.98. The number of benzene rings is 1. The maximum atomic E-state index is 13.9. The molecule has 1 N–H and O–H groups in total. The van der Waals surface area contributed by atoms with Crippen LogP contribution in [0.1, 0.15) is 18.0 Å². The van der Waals surface area contributed by atoms with Crippen LogP contribution in [0, 0.1) is 5.82 Å². The molecule has 18 heavy (non-hydrogen) atoms. The molecule has 0 bridgehead atoms. The Balaban J connectivity index is 2.03. The minimum Gasteiger partial charge on any atom is -0.316 e. The average molecular weight is 266 g/mol. The molecule has 0 saturated carbocycles. The van der Waals surface area contributed by atoms with Gasteiger partial charge >= 0.3 is 0 Å². The van der Waals surface area contributed by atoms with Crippen molar-refractivity contribution in [1.29, 1.82) is 0 Å². The highest BCUT2D eigenvalue weighted by Gasteiger charge is 2.21. The van der Waals surface area contributed by atoms with Crippen LogP contribution in [0.2, 0.25) is 5.02 Å². The van der Waals surface area contributed by atoms with Crippen molar-refractivity contribution in [3.05, 3.63) is 47.3 Å². The first-order valence-electron chi connectivity index (χ1n) is 5.94. The van der Waals surface area contributed by atoms with Crippen LogP contribution in [0.15, 0.2) is 30.7 Å². The number of halogens is 2. The lowest BCUT2D eigenvalue weighted by atomic mass is 10.1. The summed E-state index contributed by atoms with van der Waals surface area (Å²) in [7, 11) is 0. The first-order chi connectivity index (χ1) is 8.75. The minimum atomic E-state index is -0.326. The van der Waals surface area contributed by atoms with E-state index in [0.29, 0.717) is 16.6 Å². The molecule has 0 aliphatic carbocycles. The number of hydrogen-bond donors (Lipinski definition) is 1. The van der Waals surface area contributed by atoms with E-state index in [0.717, 1.165) is 25.2 Å². The number of imidazole rings is 1. The summed E-state index contributed by atoms with van der Waals surface area (Å²) in [6.07, 6.45) is 4.52. The molecule has 1 saturated heterocycles. The molecule has 1 fully saturated rings. The topological polar surface area (TPSA) is 29.9 Å². The van der Waals surface area contributed by atoms with Crippen molar-refractivity contribution >= 4 is 11.6 Å². The molecule has 1 atom stereocenters. The molecular weight excluding hydrogens is 253 g/mol. The van der Waals surface area contributed by atoms with Gasteiger partial charge < -0.3 is 9.88 Å². The van der Waals surface area contributed by atoms with Crippen molar-refractivity contribution in [2.75, 3.05) is 13.1 Å². The van der Waals surface area contributed by atoms with Crippen LogP contribution >= 0.6 is 11.6 Å². The lowest BCUT2D eigenvalue weighted by molar-refractivity contribution is 0.610. The summed E-state index contributed by atoms with van der Waals surface area (Å²) >= 11 is 5.77. The Hall–Kier alpha value is -1.39. The van der Waals surface area contributed by atoms with E-state index >= 15 is 0 Å². The van der Waals surface area contributed by atoms with Crippen LogP contribution in [-0.4, -0.2) is 22.6 Å².